The van der Waals surface area contributed by atoms with Gasteiger partial charge < -0.3 is 0 Å². The first-order valence-electron chi connectivity index (χ1n) is 8.49. The van der Waals surface area contributed by atoms with Gasteiger partial charge in [0.1, 0.15) is 0 Å². The molecule has 0 aromatic heterocycles. The molecule has 0 radical (unpaired) electrons. The van der Waals surface area contributed by atoms with E-state index >= 15 is 0 Å². The molecular formula is C21H15ClN4O3. The van der Waals surface area contributed by atoms with E-state index in [4.69, 9.17) is 11.6 Å². The van der Waals surface area contributed by atoms with Gasteiger partial charge in [0.05, 0.1) is 21.8 Å². The summed E-state index contributed by atoms with van der Waals surface area (Å²) in [6, 6.07) is 20.1. The number of benzene rings is 3. The van der Waals surface area contributed by atoms with Gasteiger partial charge in [0, 0.05) is 23.9 Å². The van der Waals surface area contributed by atoms with E-state index in [-0.39, 0.29) is 11.3 Å². The summed E-state index contributed by atoms with van der Waals surface area (Å²) in [5, 5.41) is 15.2. The van der Waals surface area contributed by atoms with Crippen LogP contribution in [0.25, 0.3) is 0 Å². The highest BCUT2D eigenvalue weighted by Crippen LogP contribution is 2.23. The Morgan fingerprint density at radius 2 is 1.66 bits per heavy atom. The van der Waals surface area contributed by atoms with Crippen molar-refractivity contribution in [3.05, 3.63) is 105 Å². The molecule has 144 valence electrons. The second kappa shape index (κ2) is 9.38. The molecule has 0 fully saturated rings. The summed E-state index contributed by atoms with van der Waals surface area (Å²) in [6.07, 6.45) is 3.18. The number of amides is 1. The van der Waals surface area contributed by atoms with Crippen LogP contribution in [-0.2, 0) is 0 Å². The molecule has 8 heteroatoms. The number of aliphatic imine (C=N–C) groups is 1. The average molecular weight is 407 g/mol. The predicted molar refractivity (Wildman–Crippen MR) is 113 cm³/mol. The van der Waals surface area contributed by atoms with E-state index in [1.165, 1.54) is 30.5 Å². The smallest absolute Gasteiger partial charge is 0.267 e. The monoisotopic (exact) mass is 406 g/mol. The maximum atomic E-state index is 12.0. The molecule has 0 spiro atoms. The van der Waals surface area contributed by atoms with Gasteiger partial charge >= 0.3 is 0 Å². The van der Waals surface area contributed by atoms with Gasteiger partial charge in [-0.1, -0.05) is 54.1 Å². The topological polar surface area (TPSA) is 97.0 Å². The highest BCUT2D eigenvalue weighted by Gasteiger charge is 2.10. The van der Waals surface area contributed by atoms with Gasteiger partial charge in [-0.15, -0.1) is 0 Å². The first-order valence-corrected chi connectivity index (χ1v) is 8.87. The van der Waals surface area contributed by atoms with Crippen LogP contribution in [0.5, 0.6) is 0 Å². The Kier molecular flexibility index (Phi) is 6.44. The number of carbonyl (C=O) groups excluding carboxylic acids is 1. The Hall–Kier alpha value is -3.84. The zero-order chi connectivity index (χ0) is 20.6. The standard InChI is InChI=1S/C21H15ClN4O3/c22-19-6-1-2-7-20(19)23-13-15-8-10-16(11-9-15)14-24-25-21(27)17-4-3-5-18(12-17)26(28)29/h1-14H,(H,25,27). The van der Waals surface area contributed by atoms with Crippen LogP contribution in [-0.4, -0.2) is 23.3 Å². The van der Waals surface area contributed by atoms with Crippen LogP contribution in [0.4, 0.5) is 11.4 Å². The van der Waals surface area contributed by atoms with E-state index in [0.29, 0.717) is 10.7 Å². The lowest BCUT2D eigenvalue weighted by Gasteiger charge is -2.00. The van der Waals surface area contributed by atoms with Gasteiger partial charge in [-0.2, -0.15) is 5.10 Å². The molecule has 0 atom stereocenters. The maximum Gasteiger partial charge on any atom is 0.271 e. The van der Waals surface area contributed by atoms with Crippen molar-refractivity contribution in [2.24, 2.45) is 10.1 Å². The fourth-order valence-electron chi connectivity index (χ4n) is 2.36. The van der Waals surface area contributed by atoms with E-state index in [1.54, 1.807) is 12.3 Å². The normalized spacial score (nSPS) is 11.1. The van der Waals surface area contributed by atoms with Crippen LogP contribution in [0.2, 0.25) is 5.02 Å². The number of non-ortho nitro benzene ring substituents is 1. The Morgan fingerprint density at radius 3 is 2.34 bits per heavy atom. The second-order valence-electron chi connectivity index (χ2n) is 5.88. The number of halogens is 1. The molecule has 0 unspecified atom stereocenters. The van der Waals surface area contributed by atoms with E-state index in [1.807, 2.05) is 42.5 Å². The fourth-order valence-corrected chi connectivity index (χ4v) is 2.54. The highest BCUT2D eigenvalue weighted by atomic mass is 35.5. The molecule has 3 aromatic carbocycles. The maximum absolute atomic E-state index is 12.0. The first-order chi connectivity index (χ1) is 14.0. The predicted octanol–water partition coefficient (Wildman–Crippen LogP) is 4.76. The van der Waals surface area contributed by atoms with E-state index in [0.717, 1.165) is 11.1 Å². The number of nitro groups is 1. The zero-order valence-electron chi connectivity index (χ0n) is 15.0. The molecule has 0 aliphatic heterocycles. The Morgan fingerprint density at radius 1 is 0.966 bits per heavy atom. The van der Waals surface area contributed by atoms with Crippen LogP contribution in [0.1, 0.15) is 21.5 Å². The minimum Gasteiger partial charge on any atom is -0.267 e. The summed E-state index contributed by atoms with van der Waals surface area (Å²) in [6.45, 7) is 0. The van der Waals surface area contributed by atoms with Crippen LogP contribution in [0.3, 0.4) is 0 Å². The second-order valence-corrected chi connectivity index (χ2v) is 6.29. The van der Waals surface area contributed by atoms with Crippen molar-refractivity contribution in [2.75, 3.05) is 0 Å². The number of hydrazone groups is 1. The minimum atomic E-state index is -0.559. The molecule has 7 nitrogen and oxygen atoms in total. The molecule has 0 aliphatic carbocycles. The Balaban J connectivity index is 1.60. The molecule has 0 saturated carbocycles. The molecule has 0 aliphatic rings. The Labute approximate surface area is 171 Å². The summed E-state index contributed by atoms with van der Waals surface area (Å²) >= 11 is 6.07. The SMILES string of the molecule is O=C(NN=Cc1ccc(C=Nc2ccccc2Cl)cc1)c1cccc([N+](=O)[O-])c1. The van der Waals surface area contributed by atoms with Gasteiger partial charge in [0.2, 0.25) is 0 Å². The van der Waals surface area contributed by atoms with Gasteiger partial charge in [0.15, 0.2) is 0 Å². The summed E-state index contributed by atoms with van der Waals surface area (Å²) in [7, 11) is 0. The lowest BCUT2D eigenvalue weighted by Crippen LogP contribution is -2.17. The molecular weight excluding hydrogens is 392 g/mol. The third-order valence-electron chi connectivity index (χ3n) is 3.84. The van der Waals surface area contributed by atoms with Gasteiger partial charge in [0.25, 0.3) is 11.6 Å². The third kappa shape index (κ3) is 5.57. The summed E-state index contributed by atoms with van der Waals surface area (Å²) < 4.78 is 0. The van der Waals surface area contributed by atoms with Crippen molar-refractivity contribution >= 4 is 41.3 Å². The average Bonchev–Trinajstić information content (AvgIpc) is 2.74. The lowest BCUT2D eigenvalue weighted by molar-refractivity contribution is -0.384. The number of rotatable bonds is 6. The molecule has 1 amide bonds. The van der Waals surface area contributed by atoms with Gasteiger partial charge in [-0.25, -0.2) is 5.43 Å². The van der Waals surface area contributed by atoms with Crippen molar-refractivity contribution in [1.82, 2.24) is 5.43 Å². The molecule has 0 saturated heterocycles. The number of hydrogen-bond acceptors (Lipinski definition) is 5. The molecule has 0 bridgehead atoms. The molecule has 0 heterocycles. The number of nitrogens with zero attached hydrogens (tertiary/aromatic N) is 3. The number of para-hydroxylation sites is 1. The fraction of sp³-hybridized carbons (Fsp3) is 0. The van der Waals surface area contributed by atoms with Crippen LogP contribution >= 0.6 is 11.6 Å². The van der Waals surface area contributed by atoms with Crippen LogP contribution < -0.4 is 5.43 Å². The summed E-state index contributed by atoms with van der Waals surface area (Å²) in [5.74, 6) is -0.534. The lowest BCUT2D eigenvalue weighted by atomic mass is 10.1. The van der Waals surface area contributed by atoms with E-state index in [9.17, 15) is 14.9 Å². The number of nitrogens with one attached hydrogen (secondary N) is 1. The van der Waals surface area contributed by atoms with Gasteiger partial charge in [-0.3, -0.25) is 19.9 Å². The highest BCUT2D eigenvalue weighted by molar-refractivity contribution is 6.33. The van der Waals surface area contributed by atoms with Crippen molar-refractivity contribution < 1.29 is 9.72 Å². The molecule has 3 rings (SSSR count). The summed E-state index contributed by atoms with van der Waals surface area (Å²) in [4.78, 5) is 26.6. The van der Waals surface area contributed by atoms with Crippen molar-refractivity contribution in [3.8, 4) is 0 Å². The van der Waals surface area contributed by atoms with Crippen molar-refractivity contribution in [2.45, 2.75) is 0 Å². The first kappa shape index (κ1) is 19.9. The van der Waals surface area contributed by atoms with Crippen molar-refractivity contribution in [1.29, 1.82) is 0 Å². The summed E-state index contributed by atoms with van der Waals surface area (Å²) in [5.41, 5.74) is 4.67. The molecule has 1 N–H and O–H groups in total. The number of carbonyl (C=O) groups is 1. The quantitative estimate of drug-likeness (QED) is 0.363. The van der Waals surface area contributed by atoms with E-state index in [2.05, 4.69) is 15.5 Å². The number of nitro benzene ring substituents is 1. The number of hydrogen-bond donors (Lipinski definition) is 1. The minimum absolute atomic E-state index is 0.155. The third-order valence-corrected chi connectivity index (χ3v) is 4.16. The largest absolute Gasteiger partial charge is 0.271 e. The van der Waals surface area contributed by atoms with Crippen LogP contribution in [0, 0.1) is 10.1 Å². The molecule has 29 heavy (non-hydrogen) atoms. The van der Waals surface area contributed by atoms with Crippen LogP contribution in [0.15, 0.2) is 82.9 Å². The van der Waals surface area contributed by atoms with Gasteiger partial charge in [-0.05, 0) is 29.3 Å². The Bertz CT molecular complexity index is 1100. The zero-order valence-corrected chi connectivity index (χ0v) is 15.8. The van der Waals surface area contributed by atoms with Crippen molar-refractivity contribution in [3.63, 3.8) is 0 Å². The molecule has 3 aromatic rings. The van der Waals surface area contributed by atoms with E-state index < -0.39 is 10.8 Å².